The average Bonchev–Trinajstić information content (AvgIpc) is 2.90. The van der Waals surface area contributed by atoms with Crippen molar-refractivity contribution in [2.24, 2.45) is 4.99 Å². The molecule has 0 saturated carbocycles. The summed E-state index contributed by atoms with van der Waals surface area (Å²) in [7, 11) is -3.33. The Balaban J connectivity index is 2.00. The molecule has 7 nitrogen and oxygen atoms in total. The van der Waals surface area contributed by atoms with E-state index in [4.69, 9.17) is 0 Å². The van der Waals surface area contributed by atoms with Gasteiger partial charge in [-0.3, -0.25) is 4.72 Å². The van der Waals surface area contributed by atoms with E-state index < -0.39 is 10.0 Å². The minimum Gasteiger partial charge on any atom is -0.357 e. The number of hydrogen-bond acceptors (Lipinski definition) is 5. The highest BCUT2D eigenvalue weighted by molar-refractivity contribution is 7.92. The normalized spacial score (nSPS) is 12.1. The summed E-state index contributed by atoms with van der Waals surface area (Å²) in [4.78, 5) is 10.4. The van der Waals surface area contributed by atoms with Gasteiger partial charge < -0.3 is 10.6 Å². The molecule has 0 fully saturated rings. The number of sulfonamides is 1. The molecule has 0 aliphatic rings. The maximum atomic E-state index is 11.5. The number of aliphatic imine (C=N–C) groups is 1. The van der Waals surface area contributed by atoms with Gasteiger partial charge in [0.1, 0.15) is 0 Å². The Morgan fingerprint density at radius 1 is 1.22 bits per heavy atom. The zero-order chi connectivity index (χ0) is 19.9. The van der Waals surface area contributed by atoms with Crippen molar-refractivity contribution in [3.05, 3.63) is 45.4 Å². The van der Waals surface area contributed by atoms with E-state index in [2.05, 4.69) is 32.3 Å². The van der Waals surface area contributed by atoms with Crippen LogP contribution in [0.1, 0.15) is 28.1 Å². The van der Waals surface area contributed by atoms with Crippen LogP contribution < -0.4 is 15.4 Å². The molecule has 0 aliphatic heterocycles. The molecule has 0 unspecified atom stereocenters. The molecule has 0 spiro atoms. The number of nitrogens with zero attached hydrogens (tertiary/aromatic N) is 2. The predicted octanol–water partition coefficient (Wildman–Crippen LogP) is 2.43. The zero-order valence-corrected chi connectivity index (χ0v) is 17.8. The molecule has 2 rings (SSSR count). The first-order valence-corrected chi connectivity index (χ1v) is 11.5. The third-order valence-electron chi connectivity index (χ3n) is 3.77. The fourth-order valence-electron chi connectivity index (χ4n) is 2.40. The summed E-state index contributed by atoms with van der Waals surface area (Å²) in [5.41, 5.74) is 2.45. The number of nitrogens with one attached hydrogen (secondary N) is 3. The smallest absolute Gasteiger partial charge is 0.229 e. The second-order valence-corrected chi connectivity index (χ2v) is 9.19. The Bertz CT molecular complexity index is 871. The van der Waals surface area contributed by atoms with Crippen LogP contribution in [0.4, 0.5) is 5.69 Å². The second-order valence-electron chi connectivity index (χ2n) is 6.15. The van der Waals surface area contributed by atoms with Gasteiger partial charge in [-0.25, -0.2) is 18.4 Å². The number of benzene rings is 1. The molecule has 0 aliphatic carbocycles. The van der Waals surface area contributed by atoms with Crippen LogP contribution in [-0.2, 0) is 23.0 Å². The maximum Gasteiger partial charge on any atom is 0.229 e. The lowest BCUT2D eigenvalue weighted by molar-refractivity contribution is 0.606. The highest BCUT2D eigenvalue weighted by Crippen LogP contribution is 2.17. The molecule has 1 aromatic carbocycles. The molecule has 148 valence electrons. The molecule has 0 atom stereocenters. The van der Waals surface area contributed by atoms with Crippen LogP contribution in [0.25, 0.3) is 0 Å². The number of guanidine groups is 1. The van der Waals surface area contributed by atoms with Gasteiger partial charge in [0.25, 0.3) is 0 Å². The molecule has 0 bridgehead atoms. The summed E-state index contributed by atoms with van der Waals surface area (Å²) in [6, 6.07) is 7.26. The van der Waals surface area contributed by atoms with Crippen LogP contribution >= 0.6 is 11.3 Å². The third kappa shape index (κ3) is 7.18. The highest BCUT2D eigenvalue weighted by Gasteiger charge is 2.08. The van der Waals surface area contributed by atoms with E-state index >= 15 is 0 Å². The lowest BCUT2D eigenvalue weighted by Crippen LogP contribution is -2.38. The Labute approximate surface area is 165 Å². The van der Waals surface area contributed by atoms with Gasteiger partial charge in [-0.05, 0) is 32.4 Å². The lowest BCUT2D eigenvalue weighted by atomic mass is 10.2. The van der Waals surface area contributed by atoms with E-state index in [1.54, 1.807) is 23.5 Å². The zero-order valence-electron chi connectivity index (χ0n) is 16.2. The first kappa shape index (κ1) is 21.2. The lowest BCUT2D eigenvalue weighted by Gasteiger charge is -2.12. The predicted molar refractivity (Wildman–Crippen MR) is 113 cm³/mol. The monoisotopic (exact) mass is 409 g/mol. The molecule has 0 saturated heterocycles. The van der Waals surface area contributed by atoms with Crippen molar-refractivity contribution < 1.29 is 8.42 Å². The van der Waals surface area contributed by atoms with Crippen LogP contribution in [0.2, 0.25) is 0 Å². The van der Waals surface area contributed by atoms with Crippen LogP contribution in [0.15, 0.2) is 29.3 Å². The Hall–Kier alpha value is -2.13. The quantitative estimate of drug-likeness (QED) is 0.460. The number of aromatic nitrogens is 1. The van der Waals surface area contributed by atoms with Crippen LogP contribution in [0.5, 0.6) is 0 Å². The first-order valence-electron chi connectivity index (χ1n) is 8.79. The molecule has 0 amide bonds. The number of hydrogen-bond donors (Lipinski definition) is 3. The Morgan fingerprint density at radius 2 is 1.96 bits per heavy atom. The van der Waals surface area contributed by atoms with Crippen LogP contribution in [0.3, 0.4) is 0 Å². The number of para-hydroxylation sites is 1. The van der Waals surface area contributed by atoms with E-state index in [1.807, 2.05) is 26.0 Å². The summed E-state index contributed by atoms with van der Waals surface area (Å²) in [6.07, 6.45) is 1.97. The summed E-state index contributed by atoms with van der Waals surface area (Å²) in [6.45, 7) is 7.94. The van der Waals surface area contributed by atoms with Crippen molar-refractivity contribution in [2.45, 2.75) is 33.7 Å². The molecule has 9 heteroatoms. The summed E-state index contributed by atoms with van der Waals surface area (Å²) < 4.78 is 25.6. The van der Waals surface area contributed by atoms with E-state index in [-0.39, 0.29) is 0 Å². The summed E-state index contributed by atoms with van der Waals surface area (Å²) in [5.74, 6) is 0.691. The average molecular weight is 410 g/mol. The van der Waals surface area contributed by atoms with E-state index in [0.717, 1.165) is 42.0 Å². The highest BCUT2D eigenvalue weighted by atomic mass is 32.2. The van der Waals surface area contributed by atoms with Gasteiger partial charge in [-0.2, -0.15) is 0 Å². The molecule has 0 radical (unpaired) electrons. The van der Waals surface area contributed by atoms with Crippen LogP contribution in [-0.4, -0.2) is 38.7 Å². The van der Waals surface area contributed by atoms with Gasteiger partial charge in [0, 0.05) is 24.4 Å². The number of anilines is 1. The number of aryl methyl sites for hydroxylation is 2. The minimum atomic E-state index is -3.33. The van der Waals surface area contributed by atoms with Crippen molar-refractivity contribution in [3.63, 3.8) is 0 Å². The molecule has 27 heavy (non-hydrogen) atoms. The SMILES string of the molecule is CCNC(=NCc1ccccc1NS(C)(=O)=O)NCCc1nc(C)c(C)s1. The van der Waals surface area contributed by atoms with Crippen LogP contribution in [0, 0.1) is 13.8 Å². The molecule has 1 heterocycles. The fourth-order valence-corrected chi connectivity index (χ4v) is 3.93. The van der Waals surface area contributed by atoms with E-state index in [9.17, 15) is 8.42 Å². The van der Waals surface area contributed by atoms with Gasteiger partial charge in [-0.1, -0.05) is 18.2 Å². The van der Waals surface area contributed by atoms with Crippen molar-refractivity contribution in [2.75, 3.05) is 24.1 Å². The topological polar surface area (TPSA) is 95.5 Å². The molecular weight excluding hydrogens is 382 g/mol. The van der Waals surface area contributed by atoms with Crippen molar-refractivity contribution in [1.82, 2.24) is 15.6 Å². The Kier molecular flexibility index (Phi) is 7.61. The Morgan fingerprint density at radius 3 is 2.59 bits per heavy atom. The second kappa shape index (κ2) is 9.70. The van der Waals surface area contributed by atoms with Crippen molar-refractivity contribution >= 4 is 33.0 Å². The van der Waals surface area contributed by atoms with Crippen molar-refractivity contribution in [1.29, 1.82) is 0 Å². The number of thiazole rings is 1. The van der Waals surface area contributed by atoms with E-state index in [0.29, 0.717) is 18.2 Å². The largest absolute Gasteiger partial charge is 0.357 e. The maximum absolute atomic E-state index is 11.5. The third-order valence-corrected chi connectivity index (χ3v) is 5.49. The van der Waals surface area contributed by atoms with Gasteiger partial charge >= 0.3 is 0 Å². The molecule has 1 aromatic heterocycles. The molecular formula is C18H27N5O2S2. The molecule has 2 aromatic rings. The van der Waals surface area contributed by atoms with Gasteiger partial charge in [0.2, 0.25) is 10.0 Å². The van der Waals surface area contributed by atoms with E-state index in [1.165, 1.54) is 4.88 Å². The summed E-state index contributed by atoms with van der Waals surface area (Å²) in [5, 5.41) is 7.62. The van der Waals surface area contributed by atoms with Gasteiger partial charge in [0.05, 0.1) is 29.2 Å². The van der Waals surface area contributed by atoms with Gasteiger partial charge in [0.15, 0.2) is 5.96 Å². The standard InChI is InChI=1S/C18H27N5O2S2/c1-5-19-18(20-11-10-17-22-13(2)14(3)26-17)21-12-15-8-6-7-9-16(15)23-27(4,24)25/h6-9,23H,5,10-12H2,1-4H3,(H2,19,20,21). The fraction of sp³-hybridized carbons (Fsp3) is 0.444. The first-order chi connectivity index (χ1) is 12.8. The summed E-state index contributed by atoms with van der Waals surface area (Å²) >= 11 is 1.72. The van der Waals surface area contributed by atoms with Gasteiger partial charge in [-0.15, -0.1) is 11.3 Å². The minimum absolute atomic E-state index is 0.365. The van der Waals surface area contributed by atoms with Crippen molar-refractivity contribution in [3.8, 4) is 0 Å². The molecule has 3 N–H and O–H groups in total. The number of rotatable bonds is 8.